The van der Waals surface area contributed by atoms with Gasteiger partial charge in [-0.1, -0.05) is 23.8 Å². The van der Waals surface area contributed by atoms with E-state index in [1.165, 1.54) is 0 Å². The van der Waals surface area contributed by atoms with Crippen LogP contribution >= 0.6 is 0 Å². The monoisotopic (exact) mass is 266 g/mol. The molecule has 1 amide bonds. The summed E-state index contributed by atoms with van der Waals surface area (Å²) in [4.78, 5) is 16.3. The lowest BCUT2D eigenvalue weighted by molar-refractivity contribution is 0.102. The molecule has 2 aromatic heterocycles. The van der Waals surface area contributed by atoms with Crippen molar-refractivity contribution in [3.8, 4) is 0 Å². The number of pyridine rings is 1. The summed E-state index contributed by atoms with van der Waals surface area (Å²) in [6.45, 7) is 3.96. The Morgan fingerprint density at radius 1 is 1.05 bits per heavy atom. The third kappa shape index (κ3) is 2.38. The van der Waals surface area contributed by atoms with E-state index in [9.17, 15) is 4.79 Å². The molecule has 0 saturated heterocycles. The number of hydrogen-bond acceptors (Lipinski definition) is 3. The molecule has 0 spiro atoms. The quantitative estimate of drug-likeness (QED) is 0.775. The molecule has 0 saturated carbocycles. The molecular formula is C15H14N4O. The van der Waals surface area contributed by atoms with Crippen molar-refractivity contribution in [3.63, 3.8) is 0 Å². The van der Waals surface area contributed by atoms with Crippen LogP contribution in [0.15, 0.2) is 42.6 Å². The zero-order valence-electron chi connectivity index (χ0n) is 11.3. The summed E-state index contributed by atoms with van der Waals surface area (Å²) in [6, 6.07) is 11.2. The Kier molecular flexibility index (Phi) is 2.95. The van der Waals surface area contributed by atoms with E-state index in [0.29, 0.717) is 17.2 Å². The van der Waals surface area contributed by atoms with Crippen LogP contribution < -0.4 is 5.32 Å². The summed E-state index contributed by atoms with van der Waals surface area (Å²) >= 11 is 0. The summed E-state index contributed by atoms with van der Waals surface area (Å²) in [5.74, 6) is 0.0961. The predicted octanol–water partition coefficient (Wildman–Crippen LogP) is 2.60. The largest absolute Gasteiger partial charge is 0.289 e. The van der Waals surface area contributed by atoms with Gasteiger partial charge in [0.15, 0.2) is 5.65 Å². The van der Waals surface area contributed by atoms with Crippen LogP contribution in [0.4, 0.5) is 5.95 Å². The number of fused-ring (bicyclic) bond motifs is 1. The van der Waals surface area contributed by atoms with Gasteiger partial charge in [-0.3, -0.25) is 10.1 Å². The average molecular weight is 266 g/mol. The Balaban J connectivity index is 1.85. The van der Waals surface area contributed by atoms with Crippen LogP contribution in [0.25, 0.3) is 5.65 Å². The number of carbonyl (C=O) groups is 1. The highest BCUT2D eigenvalue weighted by molar-refractivity contribution is 6.03. The van der Waals surface area contributed by atoms with Crippen LogP contribution in [0, 0.1) is 13.8 Å². The van der Waals surface area contributed by atoms with Crippen molar-refractivity contribution in [1.82, 2.24) is 14.6 Å². The van der Waals surface area contributed by atoms with E-state index in [1.807, 2.05) is 44.3 Å². The zero-order valence-corrected chi connectivity index (χ0v) is 11.3. The molecule has 20 heavy (non-hydrogen) atoms. The molecule has 0 unspecified atom stereocenters. The topological polar surface area (TPSA) is 59.3 Å². The Morgan fingerprint density at radius 2 is 1.75 bits per heavy atom. The van der Waals surface area contributed by atoms with Crippen LogP contribution in [0.2, 0.25) is 0 Å². The Morgan fingerprint density at radius 3 is 2.50 bits per heavy atom. The number of nitrogens with zero attached hydrogens (tertiary/aromatic N) is 3. The van der Waals surface area contributed by atoms with Crippen molar-refractivity contribution in [3.05, 3.63) is 59.3 Å². The van der Waals surface area contributed by atoms with E-state index >= 15 is 0 Å². The second-order valence-corrected chi connectivity index (χ2v) is 4.76. The first-order valence-electron chi connectivity index (χ1n) is 6.33. The van der Waals surface area contributed by atoms with E-state index in [2.05, 4.69) is 15.4 Å². The average Bonchev–Trinajstić information content (AvgIpc) is 2.80. The highest BCUT2D eigenvalue weighted by Crippen LogP contribution is 2.09. The van der Waals surface area contributed by atoms with Crippen LogP contribution in [-0.2, 0) is 0 Å². The number of aryl methyl sites for hydroxylation is 2. The van der Waals surface area contributed by atoms with E-state index in [1.54, 1.807) is 16.6 Å². The van der Waals surface area contributed by atoms with E-state index in [-0.39, 0.29) is 5.91 Å². The molecule has 1 N–H and O–H groups in total. The molecule has 0 aliphatic carbocycles. The zero-order chi connectivity index (χ0) is 14.1. The summed E-state index contributed by atoms with van der Waals surface area (Å²) in [5.41, 5.74) is 3.49. The highest BCUT2D eigenvalue weighted by Gasteiger charge is 2.09. The van der Waals surface area contributed by atoms with E-state index < -0.39 is 0 Å². The van der Waals surface area contributed by atoms with Gasteiger partial charge in [0, 0.05) is 11.8 Å². The van der Waals surface area contributed by atoms with Gasteiger partial charge < -0.3 is 0 Å². The first-order valence-corrected chi connectivity index (χ1v) is 6.33. The van der Waals surface area contributed by atoms with Gasteiger partial charge in [-0.25, -0.2) is 4.52 Å². The van der Waals surface area contributed by atoms with Crippen molar-refractivity contribution < 1.29 is 4.79 Å². The van der Waals surface area contributed by atoms with Gasteiger partial charge in [0.05, 0.1) is 0 Å². The van der Waals surface area contributed by atoms with Gasteiger partial charge in [0.25, 0.3) is 5.91 Å². The number of rotatable bonds is 2. The van der Waals surface area contributed by atoms with Gasteiger partial charge >= 0.3 is 0 Å². The molecule has 0 fully saturated rings. The molecule has 5 heteroatoms. The first-order chi connectivity index (χ1) is 9.61. The first kappa shape index (κ1) is 12.3. The highest BCUT2D eigenvalue weighted by atomic mass is 16.1. The molecule has 0 bridgehead atoms. The molecule has 0 radical (unpaired) electrons. The minimum atomic E-state index is -0.211. The molecule has 0 aliphatic heterocycles. The molecule has 0 aliphatic rings. The van der Waals surface area contributed by atoms with Gasteiger partial charge in [-0.15, -0.1) is 5.10 Å². The number of amides is 1. The maximum atomic E-state index is 12.1. The minimum absolute atomic E-state index is 0.211. The fourth-order valence-electron chi connectivity index (χ4n) is 1.92. The summed E-state index contributed by atoms with van der Waals surface area (Å²) in [5, 5.41) is 6.93. The lowest BCUT2D eigenvalue weighted by atomic mass is 10.1. The van der Waals surface area contributed by atoms with Crippen molar-refractivity contribution in [2.24, 2.45) is 0 Å². The number of hydrogen-bond donors (Lipinski definition) is 1. The third-order valence-electron chi connectivity index (χ3n) is 3.02. The second-order valence-electron chi connectivity index (χ2n) is 4.76. The molecule has 1 aromatic carbocycles. The predicted molar refractivity (Wildman–Crippen MR) is 76.9 cm³/mol. The van der Waals surface area contributed by atoms with Gasteiger partial charge in [0.1, 0.15) is 0 Å². The number of benzene rings is 1. The van der Waals surface area contributed by atoms with Crippen LogP contribution in [-0.4, -0.2) is 20.5 Å². The van der Waals surface area contributed by atoms with Crippen molar-refractivity contribution in [2.75, 3.05) is 5.32 Å². The van der Waals surface area contributed by atoms with Gasteiger partial charge in [-0.2, -0.15) is 4.98 Å². The fourth-order valence-corrected chi connectivity index (χ4v) is 1.92. The summed E-state index contributed by atoms with van der Waals surface area (Å²) in [6.07, 6.45) is 1.86. The number of carbonyl (C=O) groups excluding carboxylic acids is 1. The maximum Gasteiger partial charge on any atom is 0.258 e. The molecule has 3 rings (SSSR count). The Hall–Kier alpha value is -2.69. The van der Waals surface area contributed by atoms with Crippen molar-refractivity contribution in [1.29, 1.82) is 0 Å². The summed E-state index contributed by atoms with van der Waals surface area (Å²) in [7, 11) is 0. The van der Waals surface area contributed by atoms with Gasteiger partial charge in [-0.05, 0) is 37.6 Å². The SMILES string of the molecule is Cc1ccc(C(=O)Nc2nc3ccc(C)cn3n2)cc1. The standard InChI is InChI=1S/C15H14N4O/c1-10-3-6-12(7-4-10)14(20)17-15-16-13-8-5-11(2)9-19(13)18-15/h3-9H,1-2H3,(H,17,18,20). The molecule has 5 nitrogen and oxygen atoms in total. The lowest BCUT2D eigenvalue weighted by Crippen LogP contribution is -2.13. The van der Waals surface area contributed by atoms with Crippen LogP contribution in [0.1, 0.15) is 21.5 Å². The molecule has 100 valence electrons. The van der Waals surface area contributed by atoms with E-state index in [0.717, 1.165) is 11.1 Å². The third-order valence-corrected chi connectivity index (χ3v) is 3.02. The molecule has 3 aromatic rings. The Labute approximate surface area is 116 Å². The van der Waals surface area contributed by atoms with Crippen molar-refractivity contribution >= 4 is 17.5 Å². The number of nitrogens with one attached hydrogen (secondary N) is 1. The number of aromatic nitrogens is 3. The van der Waals surface area contributed by atoms with Gasteiger partial charge in [0.2, 0.25) is 5.95 Å². The lowest BCUT2D eigenvalue weighted by Gasteiger charge is -2.00. The second kappa shape index (κ2) is 4.77. The summed E-state index contributed by atoms with van der Waals surface area (Å²) < 4.78 is 1.65. The van der Waals surface area contributed by atoms with E-state index in [4.69, 9.17) is 0 Å². The smallest absolute Gasteiger partial charge is 0.258 e. The Bertz CT molecular complexity index is 774. The molecule has 0 atom stereocenters. The minimum Gasteiger partial charge on any atom is -0.289 e. The number of anilines is 1. The fraction of sp³-hybridized carbons (Fsp3) is 0.133. The van der Waals surface area contributed by atoms with Crippen LogP contribution in [0.5, 0.6) is 0 Å². The van der Waals surface area contributed by atoms with Crippen molar-refractivity contribution in [2.45, 2.75) is 13.8 Å². The molecular weight excluding hydrogens is 252 g/mol. The molecule has 2 heterocycles. The maximum absolute atomic E-state index is 12.1. The normalized spacial score (nSPS) is 10.7. The van der Waals surface area contributed by atoms with Crippen LogP contribution in [0.3, 0.4) is 0 Å².